The van der Waals surface area contributed by atoms with E-state index >= 15 is 0 Å². The Bertz CT molecular complexity index is 709. The molecule has 0 saturated carbocycles. The lowest BCUT2D eigenvalue weighted by Gasteiger charge is -2.21. The molecule has 2 aromatic rings. The van der Waals surface area contributed by atoms with Crippen molar-refractivity contribution in [2.45, 2.75) is 40.0 Å². The van der Waals surface area contributed by atoms with E-state index in [0.717, 1.165) is 23.3 Å². The third-order valence-electron chi connectivity index (χ3n) is 3.74. The zero-order valence-electron chi connectivity index (χ0n) is 14.6. The number of aromatic nitrogens is 2. The third kappa shape index (κ3) is 4.81. The highest BCUT2D eigenvalue weighted by atomic mass is 16.5. The average Bonchev–Trinajstić information content (AvgIpc) is 2.92. The summed E-state index contributed by atoms with van der Waals surface area (Å²) >= 11 is 0. The summed E-state index contributed by atoms with van der Waals surface area (Å²) in [5.41, 5.74) is 2.71. The number of nitrogens with zero attached hydrogens (tertiary/aromatic N) is 3. The van der Waals surface area contributed by atoms with Crippen LogP contribution in [-0.4, -0.2) is 45.9 Å². The second-order valence-corrected chi connectivity index (χ2v) is 5.81. The molecular weight excluding hydrogens is 306 g/mol. The van der Waals surface area contributed by atoms with Crippen LogP contribution in [0.3, 0.4) is 0 Å². The van der Waals surface area contributed by atoms with Gasteiger partial charge in [-0.15, -0.1) is 0 Å². The van der Waals surface area contributed by atoms with Gasteiger partial charge >= 0.3 is 5.97 Å². The van der Waals surface area contributed by atoms with E-state index in [-0.39, 0.29) is 24.7 Å². The second kappa shape index (κ2) is 8.47. The number of pyridine rings is 1. The molecule has 0 atom stereocenters. The molecule has 130 valence electrons. The Balaban J connectivity index is 2.01. The van der Waals surface area contributed by atoms with Crippen molar-refractivity contribution < 1.29 is 14.3 Å². The molecule has 2 rings (SSSR count). The van der Waals surface area contributed by atoms with Crippen molar-refractivity contribution in [3.63, 3.8) is 0 Å². The zero-order valence-corrected chi connectivity index (χ0v) is 14.6. The summed E-state index contributed by atoms with van der Waals surface area (Å²) < 4.78 is 6.84. The van der Waals surface area contributed by atoms with E-state index in [9.17, 15) is 9.59 Å². The van der Waals surface area contributed by atoms with Crippen molar-refractivity contribution in [2.75, 3.05) is 19.7 Å². The van der Waals surface area contributed by atoms with E-state index in [4.69, 9.17) is 4.74 Å². The van der Waals surface area contributed by atoms with Gasteiger partial charge in [0.2, 0.25) is 5.91 Å². The molecule has 0 aliphatic heterocycles. The first-order valence-electron chi connectivity index (χ1n) is 8.41. The average molecular weight is 331 g/mol. The highest BCUT2D eigenvalue weighted by Gasteiger charge is 2.16. The topological polar surface area (TPSA) is 63.9 Å². The number of carbonyl (C=O) groups is 2. The first-order valence-corrected chi connectivity index (χ1v) is 8.41. The van der Waals surface area contributed by atoms with Crippen LogP contribution in [0.2, 0.25) is 0 Å². The summed E-state index contributed by atoms with van der Waals surface area (Å²) in [4.78, 5) is 30.3. The summed E-state index contributed by atoms with van der Waals surface area (Å²) in [7, 11) is 0. The lowest BCUT2D eigenvalue weighted by molar-refractivity contribution is -0.144. The number of aryl methyl sites for hydroxylation is 1. The molecule has 0 aromatic carbocycles. The molecule has 6 nitrogen and oxygen atoms in total. The van der Waals surface area contributed by atoms with Gasteiger partial charge in [-0.1, -0.05) is 6.92 Å². The van der Waals surface area contributed by atoms with Gasteiger partial charge in [0.15, 0.2) is 0 Å². The Morgan fingerprint density at radius 1 is 1.29 bits per heavy atom. The van der Waals surface area contributed by atoms with Gasteiger partial charge in [-0.25, -0.2) is 4.98 Å². The first kappa shape index (κ1) is 18.0. The maximum absolute atomic E-state index is 12.5. The van der Waals surface area contributed by atoms with Crippen LogP contribution in [0, 0.1) is 6.92 Å². The predicted molar refractivity (Wildman–Crippen MR) is 91.8 cm³/mol. The Morgan fingerprint density at radius 2 is 2.08 bits per heavy atom. The van der Waals surface area contributed by atoms with Crippen LogP contribution in [-0.2, 0) is 20.7 Å². The van der Waals surface area contributed by atoms with Crippen LogP contribution >= 0.6 is 0 Å². The van der Waals surface area contributed by atoms with Crippen LogP contribution < -0.4 is 0 Å². The molecular formula is C18H25N3O3. The van der Waals surface area contributed by atoms with E-state index in [1.165, 1.54) is 0 Å². The monoisotopic (exact) mass is 331 g/mol. The number of imidazole rings is 1. The number of fused-ring (bicyclic) bond motifs is 1. The van der Waals surface area contributed by atoms with Crippen LogP contribution in [0.1, 0.15) is 37.9 Å². The summed E-state index contributed by atoms with van der Waals surface area (Å²) in [6.07, 6.45) is 5.13. The normalized spacial score (nSPS) is 10.8. The number of carbonyl (C=O) groups excluding carboxylic acids is 2. The van der Waals surface area contributed by atoms with Gasteiger partial charge in [0.1, 0.15) is 5.65 Å². The van der Waals surface area contributed by atoms with Crippen molar-refractivity contribution in [3.05, 3.63) is 35.8 Å². The maximum atomic E-state index is 12.5. The van der Waals surface area contributed by atoms with Crippen molar-refractivity contribution in [2.24, 2.45) is 0 Å². The molecule has 2 heterocycles. The van der Waals surface area contributed by atoms with Crippen LogP contribution in [0.25, 0.3) is 5.65 Å². The number of hydrogen-bond acceptors (Lipinski definition) is 4. The number of ether oxygens (including phenoxy) is 1. The molecule has 6 heteroatoms. The minimum absolute atomic E-state index is 0.0127. The van der Waals surface area contributed by atoms with Gasteiger partial charge in [0.05, 0.1) is 25.1 Å². The summed E-state index contributed by atoms with van der Waals surface area (Å²) in [5.74, 6) is -0.282. The number of esters is 1. The van der Waals surface area contributed by atoms with E-state index in [0.29, 0.717) is 19.7 Å². The smallest absolute Gasteiger partial charge is 0.307 e. The fourth-order valence-corrected chi connectivity index (χ4v) is 2.58. The molecule has 0 unspecified atom stereocenters. The van der Waals surface area contributed by atoms with E-state index < -0.39 is 0 Å². The van der Waals surface area contributed by atoms with Gasteiger partial charge in [-0.3, -0.25) is 9.59 Å². The minimum Gasteiger partial charge on any atom is -0.466 e. The number of rotatable bonds is 8. The lowest BCUT2D eigenvalue weighted by Crippen LogP contribution is -2.35. The van der Waals surface area contributed by atoms with Gasteiger partial charge in [0, 0.05) is 25.5 Å². The Morgan fingerprint density at radius 3 is 2.79 bits per heavy atom. The van der Waals surface area contributed by atoms with Crippen molar-refractivity contribution in [3.8, 4) is 0 Å². The summed E-state index contributed by atoms with van der Waals surface area (Å²) in [5, 5.41) is 0. The molecule has 0 radical (unpaired) electrons. The highest BCUT2D eigenvalue weighted by Crippen LogP contribution is 2.10. The standard InChI is InChI=1S/C18H25N3O3/c1-4-8-20(10-7-18(23)24-5-2)17(22)12-15-13-21-9-6-14(3)11-16(21)19-15/h6,9,11,13H,4-5,7-8,10,12H2,1-3H3. The van der Waals surface area contributed by atoms with Crippen LogP contribution in [0.5, 0.6) is 0 Å². The van der Waals surface area contributed by atoms with Gasteiger partial charge in [0.25, 0.3) is 0 Å². The quantitative estimate of drug-likeness (QED) is 0.697. The first-order chi connectivity index (χ1) is 11.5. The molecule has 0 bridgehead atoms. The molecule has 24 heavy (non-hydrogen) atoms. The van der Waals surface area contributed by atoms with Crippen molar-refractivity contribution in [1.82, 2.24) is 14.3 Å². The van der Waals surface area contributed by atoms with Crippen LogP contribution in [0.15, 0.2) is 24.5 Å². The fraction of sp³-hybridized carbons (Fsp3) is 0.500. The largest absolute Gasteiger partial charge is 0.466 e. The van der Waals surface area contributed by atoms with Crippen LogP contribution in [0.4, 0.5) is 0 Å². The van der Waals surface area contributed by atoms with E-state index in [1.54, 1.807) is 11.8 Å². The molecule has 1 amide bonds. The van der Waals surface area contributed by atoms with E-state index in [1.807, 2.05) is 42.8 Å². The molecule has 0 aliphatic rings. The van der Waals surface area contributed by atoms with Gasteiger partial charge < -0.3 is 14.0 Å². The SMILES string of the molecule is CCCN(CCC(=O)OCC)C(=O)Cc1cn2ccc(C)cc2n1. The van der Waals surface area contributed by atoms with E-state index in [2.05, 4.69) is 4.98 Å². The minimum atomic E-state index is -0.269. The molecule has 0 N–H and O–H groups in total. The summed E-state index contributed by atoms with van der Waals surface area (Å²) in [6, 6.07) is 3.99. The Labute approximate surface area is 142 Å². The molecule has 0 spiro atoms. The number of amides is 1. The molecule has 0 saturated heterocycles. The number of hydrogen-bond donors (Lipinski definition) is 0. The predicted octanol–water partition coefficient (Wildman–Crippen LogP) is 2.38. The Kier molecular flexibility index (Phi) is 6.35. The lowest BCUT2D eigenvalue weighted by atomic mass is 10.2. The summed E-state index contributed by atoms with van der Waals surface area (Å²) in [6.45, 7) is 7.18. The molecule has 0 fully saturated rings. The molecule has 2 aromatic heterocycles. The van der Waals surface area contributed by atoms with Crippen molar-refractivity contribution in [1.29, 1.82) is 0 Å². The maximum Gasteiger partial charge on any atom is 0.307 e. The zero-order chi connectivity index (χ0) is 17.5. The Hall–Kier alpha value is -2.37. The third-order valence-corrected chi connectivity index (χ3v) is 3.74. The second-order valence-electron chi connectivity index (χ2n) is 5.81. The van der Waals surface area contributed by atoms with Crippen molar-refractivity contribution >= 4 is 17.5 Å². The van der Waals surface area contributed by atoms with Gasteiger partial charge in [-0.05, 0) is 38.0 Å². The molecule has 0 aliphatic carbocycles. The fourth-order valence-electron chi connectivity index (χ4n) is 2.58. The van der Waals surface area contributed by atoms with Gasteiger partial charge in [-0.2, -0.15) is 0 Å². The highest BCUT2D eigenvalue weighted by molar-refractivity contribution is 5.79.